The van der Waals surface area contributed by atoms with E-state index in [4.69, 9.17) is 4.42 Å². The van der Waals surface area contributed by atoms with Crippen molar-refractivity contribution >= 4 is 15.8 Å². The van der Waals surface area contributed by atoms with Crippen molar-refractivity contribution < 1.29 is 17.6 Å². The van der Waals surface area contributed by atoms with Gasteiger partial charge in [-0.15, -0.1) is 0 Å². The van der Waals surface area contributed by atoms with E-state index in [0.29, 0.717) is 25.2 Å². The monoisotopic (exact) mass is 459 g/mol. The number of furan rings is 1. The summed E-state index contributed by atoms with van der Waals surface area (Å²) in [6.45, 7) is 3.90. The highest BCUT2D eigenvalue weighted by atomic mass is 32.2. The minimum atomic E-state index is -3.57. The van der Waals surface area contributed by atoms with E-state index in [1.54, 1.807) is 28.8 Å². The molecule has 2 aliphatic rings. The summed E-state index contributed by atoms with van der Waals surface area (Å²) in [7, 11) is -3.57. The van der Waals surface area contributed by atoms with Gasteiger partial charge in [0, 0.05) is 25.2 Å². The molecular weight excluding hydrogens is 426 g/mol. The predicted molar refractivity (Wildman–Crippen MR) is 123 cm³/mol. The zero-order valence-corrected chi connectivity index (χ0v) is 19.4. The second kappa shape index (κ2) is 10.7. The van der Waals surface area contributed by atoms with Crippen LogP contribution in [-0.2, 0) is 10.0 Å². The molecule has 7 nitrogen and oxygen atoms in total. The van der Waals surface area contributed by atoms with Gasteiger partial charge in [0.15, 0.2) is 5.78 Å². The summed E-state index contributed by atoms with van der Waals surface area (Å²) in [5.41, 5.74) is 0.420. The van der Waals surface area contributed by atoms with Gasteiger partial charge in [-0.05, 0) is 63.0 Å². The number of Topliss-reactive ketones (excluding diaryl/α,β-unsaturated/α-hetero) is 1. The lowest BCUT2D eigenvalue weighted by Crippen LogP contribution is -2.36. The Morgan fingerprint density at radius 1 is 0.969 bits per heavy atom. The van der Waals surface area contributed by atoms with Crippen molar-refractivity contribution in [3.8, 4) is 0 Å². The van der Waals surface area contributed by atoms with Gasteiger partial charge in [0.1, 0.15) is 5.76 Å². The van der Waals surface area contributed by atoms with Gasteiger partial charge < -0.3 is 9.73 Å². The number of carbonyl (C=O) groups excluding carboxylic acids is 1. The Morgan fingerprint density at radius 2 is 1.69 bits per heavy atom. The fourth-order valence-corrected chi connectivity index (χ4v) is 6.19. The van der Waals surface area contributed by atoms with Crippen molar-refractivity contribution in [2.45, 2.75) is 49.5 Å². The molecule has 1 unspecified atom stereocenters. The minimum Gasteiger partial charge on any atom is -0.468 e. The minimum absolute atomic E-state index is 0.0926. The molecular formula is C24H33N3O4S. The Morgan fingerprint density at radius 3 is 2.38 bits per heavy atom. The molecule has 0 radical (unpaired) electrons. The molecule has 1 aromatic heterocycles. The van der Waals surface area contributed by atoms with Gasteiger partial charge in [-0.25, -0.2) is 8.42 Å². The first-order valence-corrected chi connectivity index (χ1v) is 13.1. The molecule has 32 heavy (non-hydrogen) atoms. The van der Waals surface area contributed by atoms with Crippen LogP contribution in [0.5, 0.6) is 0 Å². The van der Waals surface area contributed by atoms with E-state index in [1.165, 1.54) is 18.9 Å². The fraction of sp³-hybridized carbons (Fsp3) is 0.542. The standard InChI is InChI=1S/C24H33N3O4S/c28-23(19-25-18-22(24-11-8-16-31-24)26-12-5-6-13-26)20-9-7-10-21(17-20)32(29,30)27-14-3-1-2-4-15-27/h7-11,16-17,22,25H,1-6,12-15,18-19H2. The maximum Gasteiger partial charge on any atom is 0.243 e. The van der Waals surface area contributed by atoms with E-state index in [2.05, 4.69) is 10.2 Å². The van der Waals surface area contributed by atoms with E-state index < -0.39 is 10.0 Å². The first-order valence-electron chi connectivity index (χ1n) is 11.7. The average Bonchev–Trinajstić information content (AvgIpc) is 3.46. The van der Waals surface area contributed by atoms with Gasteiger partial charge in [0.25, 0.3) is 0 Å². The molecule has 0 aliphatic carbocycles. The van der Waals surface area contributed by atoms with Gasteiger partial charge in [0.2, 0.25) is 10.0 Å². The highest BCUT2D eigenvalue weighted by molar-refractivity contribution is 7.89. The summed E-state index contributed by atoms with van der Waals surface area (Å²) in [4.78, 5) is 15.4. The summed E-state index contributed by atoms with van der Waals surface area (Å²) >= 11 is 0. The van der Waals surface area contributed by atoms with E-state index in [9.17, 15) is 13.2 Å². The lowest BCUT2D eigenvalue weighted by Gasteiger charge is -2.26. The van der Waals surface area contributed by atoms with Crippen LogP contribution in [0.4, 0.5) is 0 Å². The first kappa shape index (κ1) is 23.2. The maximum atomic E-state index is 13.1. The molecule has 8 heteroatoms. The number of rotatable bonds is 9. The number of hydrogen-bond donors (Lipinski definition) is 1. The second-order valence-electron chi connectivity index (χ2n) is 8.67. The first-order chi connectivity index (χ1) is 15.6. The number of ketones is 1. The van der Waals surface area contributed by atoms with Crippen molar-refractivity contribution in [3.05, 3.63) is 54.0 Å². The molecule has 3 heterocycles. The van der Waals surface area contributed by atoms with Crippen LogP contribution >= 0.6 is 0 Å². The molecule has 1 N–H and O–H groups in total. The second-order valence-corrected chi connectivity index (χ2v) is 10.6. The van der Waals surface area contributed by atoms with Gasteiger partial charge in [-0.2, -0.15) is 4.31 Å². The Labute approximate surface area is 190 Å². The van der Waals surface area contributed by atoms with E-state index in [-0.39, 0.29) is 23.3 Å². The van der Waals surface area contributed by atoms with Crippen molar-refractivity contribution in [3.63, 3.8) is 0 Å². The third kappa shape index (κ3) is 5.49. The Bertz CT molecular complexity index is 976. The summed E-state index contributed by atoms with van der Waals surface area (Å²) in [5, 5.41) is 3.27. The average molecular weight is 460 g/mol. The van der Waals surface area contributed by atoms with Crippen molar-refractivity contribution in [1.82, 2.24) is 14.5 Å². The molecule has 0 bridgehead atoms. The number of hydrogen-bond acceptors (Lipinski definition) is 6. The number of nitrogens with one attached hydrogen (secondary N) is 1. The molecule has 2 aromatic rings. The summed E-state index contributed by atoms with van der Waals surface area (Å²) < 4.78 is 33.4. The molecule has 2 fully saturated rings. The smallest absolute Gasteiger partial charge is 0.243 e. The van der Waals surface area contributed by atoms with Gasteiger partial charge in [-0.1, -0.05) is 25.0 Å². The van der Waals surface area contributed by atoms with Gasteiger partial charge in [-0.3, -0.25) is 9.69 Å². The number of benzene rings is 1. The van der Waals surface area contributed by atoms with Crippen LogP contribution in [0.1, 0.15) is 60.7 Å². The summed E-state index contributed by atoms with van der Waals surface area (Å²) in [5.74, 6) is 0.787. The van der Waals surface area contributed by atoms with Crippen LogP contribution in [-0.4, -0.2) is 62.7 Å². The fourth-order valence-electron chi connectivity index (χ4n) is 4.63. The van der Waals surface area contributed by atoms with Crippen LogP contribution in [0.2, 0.25) is 0 Å². The molecule has 1 atom stereocenters. The van der Waals surface area contributed by atoms with E-state index >= 15 is 0 Å². The van der Waals surface area contributed by atoms with Crippen LogP contribution < -0.4 is 5.32 Å². The highest BCUT2D eigenvalue weighted by Crippen LogP contribution is 2.25. The third-order valence-electron chi connectivity index (χ3n) is 6.44. The number of likely N-dealkylation sites (tertiary alicyclic amines) is 1. The number of nitrogens with zero attached hydrogens (tertiary/aromatic N) is 2. The number of sulfonamides is 1. The Hall–Kier alpha value is -2.00. The van der Waals surface area contributed by atoms with Crippen molar-refractivity contribution in [2.24, 2.45) is 0 Å². The zero-order valence-electron chi connectivity index (χ0n) is 18.5. The van der Waals surface area contributed by atoms with Crippen molar-refractivity contribution in [2.75, 3.05) is 39.3 Å². The molecule has 0 spiro atoms. The Kier molecular flexibility index (Phi) is 7.78. The molecule has 0 amide bonds. The Balaban J connectivity index is 1.39. The molecule has 4 rings (SSSR count). The van der Waals surface area contributed by atoms with Crippen LogP contribution in [0.3, 0.4) is 0 Å². The lowest BCUT2D eigenvalue weighted by molar-refractivity contribution is 0.0986. The van der Waals surface area contributed by atoms with Crippen LogP contribution in [0.25, 0.3) is 0 Å². The lowest BCUT2D eigenvalue weighted by atomic mass is 10.1. The molecule has 2 aliphatic heterocycles. The molecule has 1 aromatic carbocycles. The highest BCUT2D eigenvalue weighted by Gasteiger charge is 2.27. The number of carbonyl (C=O) groups is 1. The van der Waals surface area contributed by atoms with E-state index in [1.807, 2.05) is 12.1 Å². The molecule has 2 saturated heterocycles. The van der Waals surface area contributed by atoms with Gasteiger partial charge in [0.05, 0.1) is 23.7 Å². The van der Waals surface area contributed by atoms with Crippen LogP contribution in [0.15, 0.2) is 52.0 Å². The SMILES string of the molecule is O=C(CNCC(c1ccco1)N1CCCC1)c1cccc(S(=O)(=O)N2CCCCCC2)c1. The largest absolute Gasteiger partial charge is 0.468 e. The zero-order chi connectivity index (χ0) is 22.4. The van der Waals surface area contributed by atoms with Crippen LogP contribution in [0, 0.1) is 0 Å². The maximum absolute atomic E-state index is 13.1. The normalized spacial score (nSPS) is 19.6. The summed E-state index contributed by atoms with van der Waals surface area (Å²) in [6.07, 6.45) is 7.92. The van der Waals surface area contributed by atoms with Crippen molar-refractivity contribution in [1.29, 1.82) is 0 Å². The predicted octanol–water partition coefficient (Wildman–Crippen LogP) is 3.45. The summed E-state index contributed by atoms with van der Waals surface area (Å²) in [6, 6.07) is 10.4. The molecule has 0 saturated carbocycles. The third-order valence-corrected chi connectivity index (χ3v) is 8.33. The quantitative estimate of drug-likeness (QED) is 0.579. The topological polar surface area (TPSA) is 82.9 Å². The molecule has 174 valence electrons. The van der Waals surface area contributed by atoms with Gasteiger partial charge >= 0.3 is 0 Å². The van der Waals surface area contributed by atoms with E-state index in [0.717, 1.165) is 44.5 Å².